The van der Waals surface area contributed by atoms with Gasteiger partial charge in [-0.25, -0.2) is 27.2 Å². The van der Waals surface area contributed by atoms with Gasteiger partial charge in [-0.2, -0.15) is 0 Å². The Hall–Kier alpha value is -3.81. The fourth-order valence-electron chi connectivity index (χ4n) is 3.32. The Morgan fingerprint density at radius 2 is 1.78 bits per heavy atom. The van der Waals surface area contributed by atoms with E-state index in [9.17, 15) is 22.0 Å². The third kappa shape index (κ3) is 5.48. The standard InChI is InChI=1S/C23H19ClF2N4O6S/c1-34-5-6-36-19-11-27-21-4-3-13(12-30(21)23(19)31)14-7-18(22(35-2)28-10-14)29-37(32,33)20-9-17(26)16(25)8-15(20)24/h3-4,7-12,29H,5-6H2,1-2H3. The Kier molecular flexibility index (Phi) is 7.57. The highest BCUT2D eigenvalue weighted by atomic mass is 35.5. The highest BCUT2D eigenvalue weighted by Gasteiger charge is 2.23. The van der Waals surface area contributed by atoms with Gasteiger partial charge in [0.05, 0.1) is 24.9 Å². The van der Waals surface area contributed by atoms with Gasteiger partial charge in [0.15, 0.2) is 11.6 Å². The van der Waals surface area contributed by atoms with E-state index in [4.69, 9.17) is 25.8 Å². The van der Waals surface area contributed by atoms with Crippen molar-refractivity contribution in [2.45, 2.75) is 4.90 Å². The number of rotatable bonds is 9. The molecule has 37 heavy (non-hydrogen) atoms. The maximum absolute atomic E-state index is 13.7. The molecular weight excluding hydrogens is 534 g/mol. The van der Waals surface area contributed by atoms with Crippen molar-refractivity contribution in [3.63, 3.8) is 0 Å². The smallest absolute Gasteiger partial charge is 0.300 e. The van der Waals surface area contributed by atoms with Gasteiger partial charge in [0.1, 0.15) is 22.8 Å². The van der Waals surface area contributed by atoms with Crippen LogP contribution in [0.15, 0.2) is 58.6 Å². The van der Waals surface area contributed by atoms with Crippen molar-refractivity contribution in [2.24, 2.45) is 0 Å². The zero-order valence-corrected chi connectivity index (χ0v) is 20.9. The molecule has 0 spiro atoms. The number of anilines is 1. The largest absolute Gasteiger partial charge is 0.484 e. The molecule has 0 saturated carbocycles. The predicted octanol–water partition coefficient (Wildman–Crippen LogP) is 3.52. The molecular formula is C23H19ClF2N4O6S. The van der Waals surface area contributed by atoms with Gasteiger partial charge in [-0.3, -0.25) is 13.9 Å². The van der Waals surface area contributed by atoms with Crippen LogP contribution in [0.25, 0.3) is 16.8 Å². The molecule has 4 rings (SSSR count). The first-order valence-corrected chi connectivity index (χ1v) is 12.4. The number of fused-ring (bicyclic) bond motifs is 1. The molecule has 0 amide bonds. The molecule has 0 saturated heterocycles. The van der Waals surface area contributed by atoms with Crippen molar-refractivity contribution in [1.29, 1.82) is 0 Å². The first-order valence-electron chi connectivity index (χ1n) is 10.5. The Bertz CT molecular complexity index is 1650. The van der Waals surface area contributed by atoms with Crippen molar-refractivity contribution >= 4 is 33.0 Å². The summed E-state index contributed by atoms with van der Waals surface area (Å²) in [4.78, 5) is 20.5. The summed E-state index contributed by atoms with van der Waals surface area (Å²) in [5.41, 5.74) is 0.658. The molecule has 0 aliphatic heterocycles. The van der Waals surface area contributed by atoms with Crippen molar-refractivity contribution in [1.82, 2.24) is 14.4 Å². The Balaban J connectivity index is 1.74. The second kappa shape index (κ2) is 10.7. The zero-order chi connectivity index (χ0) is 26.7. The van der Waals surface area contributed by atoms with Crippen LogP contribution in [0, 0.1) is 11.6 Å². The average Bonchev–Trinajstić information content (AvgIpc) is 2.87. The van der Waals surface area contributed by atoms with E-state index in [2.05, 4.69) is 14.7 Å². The second-order valence-electron chi connectivity index (χ2n) is 7.50. The number of hydrogen-bond donors (Lipinski definition) is 1. The van der Waals surface area contributed by atoms with Crippen LogP contribution >= 0.6 is 11.6 Å². The van der Waals surface area contributed by atoms with Crippen LogP contribution in [0.5, 0.6) is 11.6 Å². The molecule has 4 aromatic rings. The van der Waals surface area contributed by atoms with E-state index in [0.29, 0.717) is 28.9 Å². The lowest BCUT2D eigenvalue weighted by molar-refractivity contribution is 0.145. The number of methoxy groups -OCH3 is 2. The molecule has 194 valence electrons. The summed E-state index contributed by atoms with van der Waals surface area (Å²) in [6.07, 6.45) is 4.21. The lowest BCUT2D eigenvalue weighted by atomic mass is 10.1. The number of nitrogens with one attached hydrogen (secondary N) is 1. The van der Waals surface area contributed by atoms with E-state index in [0.717, 1.165) is 0 Å². The summed E-state index contributed by atoms with van der Waals surface area (Å²) < 4.78 is 72.0. The average molecular weight is 553 g/mol. The monoisotopic (exact) mass is 552 g/mol. The van der Waals surface area contributed by atoms with Crippen molar-refractivity contribution < 1.29 is 31.4 Å². The van der Waals surface area contributed by atoms with Gasteiger partial charge in [0.2, 0.25) is 11.6 Å². The maximum atomic E-state index is 13.7. The van der Waals surface area contributed by atoms with Gasteiger partial charge in [-0.1, -0.05) is 11.6 Å². The van der Waals surface area contributed by atoms with E-state index in [1.807, 2.05) is 0 Å². The number of nitrogens with zero attached hydrogens (tertiary/aromatic N) is 3. The van der Waals surface area contributed by atoms with Crippen LogP contribution < -0.4 is 19.8 Å². The summed E-state index contributed by atoms with van der Waals surface area (Å²) in [5.74, 6) is -2.75. The summed E-state index contributed by atoms with van der Waals surface area (Å²) in [6, 6.07) is 5.67. The van der Waals surface area contributed by atoms with Crippen LogP contribution in [0.3, 0.4) is 0 Å². The summed E-state index contributed by atoms with van der Waals surface area (Å²) >= 11 is 5.85. The molecule has 3 heterocycles. The van der Waals surface area contributed by atoms with Crippen LogP contribution in [0.1, 0.15) is 0 Å². The molecule has 14 heteroatoms. The molecule has 1 aromatic carbocycles. The Morgan fingerprint density at radius 1 is 1.03 bits per heavy atom. The quantitative estimate of drug-likeness (QED) is 0.247. The number of pyridine rings is 2. The van der Waals surface area contributed by atoms with E-state index in [-0.39, 0.29) is 30.5 Å². The van der Waals surface area contributed by atoms with E-state index >= 15 is 0 Å². The van der Waals surface area contributed by atoms with E-state index < -0.39 is 37.1 Å². The second-order valence-corrected chi connectivity index (χ2v) is 9.56. The number of benzene rings is 1. The summed E-state index contributed by atoms with van der Waals surface area (Å²) in [7, 11) is -1.69. The predicted molar refractivity (Wildman–Crippen MR) is 131 cm³/mol. The van der Waals surface area contributed by atoms with Gasteiger partial charge in [-0.05, 0) is 30.3 Å². The zero-order valence-electron chi connectivity index (χ0n) is 19.4. The topological polar surface area (TPSA) is 121 Å². The minimum Gasteiger partial charge on any atom is -0.484 e. The molecule has 0 bridgehead atoms. The fourth-order valence-corrected chi connectivity index (χ4v) is 4.90. The lowest BCUT2D eigenvalue weighted by Crippen LogP contribution is -2.19. The molecule has 0 aliphatic rings. The molecule has 3 aromatic heterocycles. The van der Waals surface area contributed by atoms with Gasteiger partial charge in [0, 0.05) is 30.6 Å². The SMILES string of the molecule is COCCOc1cnc2ccc(-c3cnc(OC)c(NS(=O)(=O)c4cc(F)c(F)cc4Cl)c3)cn2c1=O. The van der Waals surface area contributed by atoms with Crippen LogP contribution in [0.2, 0.25) is 5.02 Å². The molecule has 0 unspecified atom stereocenters. The molecule has 10 nitrogen and oxygen atoms in total. The number of halogens is 3. The van der Waals surface area contributed by atoms with Crippen LogP contribution in [-0.4, -0.2) is 50.2 Å². The summed E-state index contributed by atoms with van der Waals surface area (Å²) in [5, 5.41) is -0.514. The van der Waals surface area contributed by atoms with Gasteiger partial charge >= 0.3 is 0 Å². The van der Waals surface area contributed by atoms with E-state index in [1.54, 1.807) is 12.1 Å². The van der Waals surface area contributed by atoms with Crippen LogP contribution in [0.4, 0.5) is 14.5 Å². The molecule has 0 atom stereocenters. The van der Waals surface area contributed by atoms with Crippen LogP contribution in [-0.2, 0) is 14.8 Å². The third-order valence-electron chi connectivity index (χ3n) is 5.10. The van der Waals surface area contributed by atoms with Crippen molar-refractivity contribution in [2.75, 3.05) is 32.2 Å². The highest BCUT2D eigenvalue weighted by molar-refractivity contribution is 7.92. The highest BCUT2D eigenvalue weighted by Crippen LogP contribution is 2.32. The van der Waals surface area contributed by atoms with Crippen molar-refractivity contribution in [3.05, 3.63) is 75.9 Å². The molecule has 1 N–H and O–H groups in total. The Labute approximate surface area is 214 Å². The first-order chi connectivity index (χ1) is 17.6. The number of aromatic nitrogens is 3. The molecule has 0 fully saturated rings. The van der Waals surface area contributed by atoms with Gasteiger partial charge in [0.25, 0.3) is 15.6 Å². The van der Waals surface area contributed by atoms with Gasteiger partial charge in [-0.15, -0.1) is 0 Å². The van der Waals surface area contributed by atoms with Gasteiger partial charge < -0.3 is 14.2 Å². The Morgan fingerprint density at radius 3 is 2.51 bits per heavy atom. The van der Waals surface area contributed by atoms with E-state index in [1.165, 1.54) is 43.3 Å². The third-order valence-corrected chi connectivity index (χ3v) is 6.93. The maximum Gasteiger partial charge on any atom is 0.300 e. The number of hydrogen-bond acceptors (Lipinski definition) is 8. The lowest BCUT2D eigenvalue weighted by Gasteiger charge is -2.14. The minimum atomic E-state index is -4.47. The van der Waals surface area contributed by atoms with Crippen molar-refractivity contribution in [3.8, 4) is 22.8 Å². The molecule has 0 radical (unpaired) electrons. The normalized spacial score (nSPS) is 11.5. The first kappa shape index (κ1) is 26.3. The minimum absolute atomic E-state index is 0.0245. The fraction of sp³-hybridized carbons (Fsp3) is 0.174. The molecule has 0 aliphatic carbocycles. The number of sulfonamides is 1. The number of ether oxygens (including phenoxy) is 3. The summed E-state index contributed by atoms with van der Waals surface area (Å²) in [6.45, 7) is 0.446.